The van der Waals surface area contributed by atoms with E-state index < -0.39 is 6.10 Å². The molecule has 0 aromatic heterocycles. The Morgan fingerprint density at radius 3 is 2.26 bits per heavy atom. The van der Waals surface area contributed by atoms with Crippen molar-refractivity contribution in [2.75, 3.05) is 7.11 Å². The van der Waals surface area contributed by atoms with Crippen LogP contribution in [-0.2, 0) is 0 Å². The molecule has 2 aromatic carbocycles. The number of aliphatic hydroxyl groups excluding tert-OH is 1. The predicted octanol–water partition coefficient (Wildman–Crippen LogP) is 4.19. The highest BCUT2D eigenvalue weighted by atomic mass is 35.5. The minimum Gasteiger partial charge on any atom is -0.496 e. The molecule has 4 heteroatoms. The van der Waals surface area contributed by atoms with Crippen molar-refractivity contribution in [3.63, 3.8) is 0 Å². The monoisotopic (exact) mass is 278 g/mol. The molecule has 0 spiro atoms. The van der Waals surface area contributed by atoms with Gasteiger partial charge in [0.15, 0.2) is 0 Å². The molecule has 0 aliphatic rings. The van der Waals surface area contributed by atoms with Crippen molar-refractivity contribution in [2.45, 2.75) is 13.0 Å². The summed E-state index contributed by atoms with van der Waals surface area (Å²) in [6.45, 7) is 1.67. The van der Waals surface area contributed by atoms with Crippen LogP contribution in [-0.4, -0.2) is 12.2 Å². The van der Waals surface area contributed by atoms with Gasteiger partial charge in [-0.15, -0.1) is 0 Å². The van der Waals surface area contributed by atoms with Crippen molar-refractivity contribution >= 4 is 11.6 Å². The van der Waals surface area contributed by atoms with E-state index >= 15 is 0 Å². The molecular formula is C15H15ClO3. The summed E-state index contributed by atoms with van der Waals surface area (Å²) in [6, 6.07) is 12.4. The van der Waals surface area contributed by atoms with Gasteiger partial charge in [0.2, 0.25) is 0 Å². The third-order valence-electron chi connectivity index (χ3n) is 2.71. The molecule has 0 aliphatic carbocycles. The summed E-state index contributed by atoms with van der Waals surface area (Å²) in [7, 11) is 1.56. The van der Waals surface area contributed by atoms with Crippen molar-refractivity contribution in [3.8, 4) is 17.2 Å². The second-order valence-corrected chi connectivity index (χ2v) is 4.54. The lowest BCUT2D eigenvalue weighted by molar-refractivity contribution is 0.190. The SMILES string of the molecule is COc1cccc(Oc2ccc(Cl)cc2)c1C(C)O. The van der Waals surface area contributed by atoms with E-state index in [4.69, 9.17) is 21.1 Å². The van der Waals surface area contributed by atoms with Crippen LogP contribution in [0.5, 0.6) is 17.2 Å². The second kappa shape index (κ2) is 5.95. The minimum atomic E-state index is -0.682. The molecule has 1 N–H and O–H groups in total. The highest BCUT2D eigenvalue weighted by Crippen LogP contribution is 2.36. The zero-order valence-corrected chi connectivity index (χ0v) is 11.5. The van der Waals surface area contributed by atoms with Crippen LogP contribution >= 0.6 is 11.6 Å². The van der Waals surface area contributed by atoms with E-state index in [9.17, 15) is 5.11 Å². The molecule has 1 unspecified atom stereocenters. The average Bonchev–Trinajstić information content (AvgIpc) is 2.40. The Balaban J connectivity index is 2.36. The van der Waals surface area contributed by atoms with Gasteiger partial charge in [0, 0.05) is 5.02 Å². The third-order valence-corrected chi connectivity index (χ3v) is 2.96. The normalized spacial score (nSPS) is 12.0. The summed E-state index contributed by atoms with van der Waals surface area (Å²) in [5.74, 6) is 1.82. The lowest BCUT2D eigenvalue weighted by Gasteiger charge is -2.16. The first-order chi connectivity index (χ1) is 9.11. The van der Waals surface area contributed by atoms with Crippen molar-refractivity contribution in [2.24, 2.45) is 0 Å². The van der Waals surface area contributed by atoms with Gasteiger partial charge >= 0.3 is 0 Å². The number of methoxy groups -OCH3 is 1. The van der Waals surface area contributed by atoms with E-state index in [1.165, 1.54) is 0 Å². The smallest absolute Gasteiger partial charge is 0.136 e. The van der Waals surface area contributed by atoms with E-state index in [0.717, 1.165) is 0 Å². The quantitative estimate of drug-likeness (QED) is 0.911. The van der Waals surface area contributed by atoms with Crippen molar-refractivity contribution in [1.82, 2.24) is 0 Å². The van der Waals surface area contributed by atoms with E-state index in [2.05, 4.69) is 0 Å². The molecule has 0 radical (unpaired) electrons. The Labute approximate surface area is 117 Å². The van der Waals surface area contributed by atoms with E-state index in [0.29, 0.717) is 27.8 Å². The highest BCUT2D eigenvalue weighted by Gasteiger charge is 2.15. The molecule has 0 saturated heterocycles. The molecule has 0 heterocycles. The van der Waals surface area contributed by atoms with Gasteiger partial charge in [-0.25, -0.2) is 0 Å². The van der Waals surface area contributed by atoms with Crippen LogP contribution in [0.1, 0.15) is 18.6 Å². The van der Waals surface area contributed by atoms with Crippen LogP contribution in [0.25, 0.3) is 0 Å². The zero-order valence-electron chi connectivity index (χ0n) is 10.8. The Kier molecular flexibility index (Phi) is 4.30. The largest absolute Gasteiger partial charge is 0.496 e. The maximum absolute atomic E-state index is 9.86. The summed E-state index contributed by atoms with van der Waals surface area (Å²) >= 11 is 5.83. The summed E-state index contributed by atoms with van der Waals surface area (Å²) in [6.07, 6.45) is -0.682. The molecule has 100 valence electrons. The Bertz CT molecular complexity index is 550. The van der Waals surface area contributed by atoms with Crippen molar-refractivity contribution < 1.29 is 14.6 Å². The molecule has 0 fully saturated rings. The van der Waals surface area contributed by atoms with Gasteiger partial charge in [0.05, 0.1) is 18.8 Å². The summed E-state index contributed by atoms with van der Waals surface area (Å²) in [5.41, 5.74) is 0.625. The van der Waals surface area contributed by atoms with E-state index in [1.807, 2.05) is 6.07 Å². The van der Waals surface area contributed by atoms with Crippen LogP contribution in [0.2, 0.25) is 5.02 Å². The lowest BCUT2D eigenvalue weighted by Crippen LogP contribution is -2.00. The number of halogens is 1. The fourth-order valence-electron chi connectivity index (χ4n) is 1.83. The first-order valence-corrected chi connectivity index (χ1v) is 6.28. The van der Waals surface area contributed by atoms with Crippen LogP contribution < -0.4 is 9.47 Å². The molecule has 3 nitrogen and oxygen atoms in total. The van der Waals surface area contributed by atoms with E-state index in [-0.39, 0.29) is 0 Å². The maximum atomic E-state index is 9.86. The summed E-state index contributed by atoms with van der Waals surface area (Å²) in [5, 5.41) is 10.5. The Hall–Kier alpha value is -1.71. The molecular weight excluding hydrogens is 264 g/mol. The Morgan fingerprint density at radius 2 is 1.68 bits per heavy atom. The topological polar surface area (TPSA) is 38.7 Å². The number of benzene rings is 2. The number of ether oxygens (including phenoxy) is 2. The van der Waals surface area contributed by atoms with Gasteiger partial charge in [-0.2, -0.15) is 0 Å². The number of hydrogen-bond acceptors (Lipinski definition) is 3. The number of hydrogen-bond donors (Lipinski definition) is 1. The molecule has 0 bridgehead atoms. The Morgan fingerprint density at radius 1 is 1.05 bits per heavy atom. The minimum absolute atomic E-state index is 0.566. The molecule has 2 aromatic rings. The van der Waals surface area contributed by atoms with E-state index in [1.54, 1.807) is 50.4 Å². The average molecular weight is 279 g/mol. The third kappa shape index (κ3) is 3.19. The second-order valence-electron chi connectivity index (χ2n) is 4.10. The summed E-state index contributed by atoms with van der Waals surface area (Å²) in [4.78, 5) is 0. The first-order valence-electron chi connectivity index (χ1n) is 5.90. The van der Waals surface area contributed by atoms with Gasteiger partial charge in [-0.3, -0.25) is 0 Å². The molecule has 0 aliphatic heterocycles. The molecule has 0 amide bonds. The lowest BCUT2D eigenvalue weighted by atomic mass is 10.1. The van der Waals surface area contributed by atoms with Gasteiger partial charge in [0.25, 0.3) is 0 Å². The van der Waals surface area contributed by atoms with Crippen LogP contribution in [0.15, 0.2) is 42.5 Å². The molecule has 1 atom stereocenters. The molecule has 0 saturated carbocycles. The van der Waals surface area contributed by atoms with Gasteiger partial charge in [-0.1, -0.05) is 17.7 Å². The van der Waals surface area contributed by atoms with Crippen molar-refractivity contribution in [3.05, 3.63) is 53.1 Å². The zero-order chi connectivity index (χ0) is 13.8. The van der Waals surface area contributed by atoms with Crippen LogP contribution in [0.3, 0.4) is 0 Å². The summed E-state index contributed by atoms with van der Waals surface area (Å²) < 4.78 is 11.0. The fourth-order valence-corrected chi connectivity index (χ4v) is 1.96. The number of rotatable bonds is 4. The van der Waals surface area contributed by atoms with Crippen LogP contribution in [0.4, 0.5) is 0 Å². The van der Waals surface area contributed by atoms with Crippen LogP contribution in [0, 0.1) is 0 Å². The van der Waals surface area contributed by atoms with Gasteiger partial charge in [-0.05, 0) is 43.3 Å². The number of aliphatic hydroxyl groups is 1. The predicted molar refractivity (Wildman–Crippen MR) is 75.2 cm³/mol. The standard InChI is InChI=1S/C15H15ClO3/c1-10(17)15-13(18-2)4-3-5-14(15)19-12-8-6-11(16)7-9-12/h3-10,17H,1-2H3. The van der Waals surface area contributed by atoms with Crippen molar-refractivity contribution in [1.29, 1.82) is 0 Å². The maximum Gasteiger partial charge on any atom is 0.136 e. The molecule has 19 heavy (non-hydrogen) atoms. The molecule has 2 rings (SSSR count). The fraction of sp³-hybridized carbons (Fsp3) is 0.200. The van der Waals surface area contributed by atoms with Gasteiger partial charge < -0.3 is 14.6 Å². The van der Waals surface area contributed by atoms with Gasteiger partial charge in [0.1, 0.15) is 17.2 Å². The highest BCUT2D eigenvalue weighted by molar-refractivity contribution is 6.30. The first kappa shape index (κ1) is 13.7.